The molecule has 27 heavy (non-hydrogen) atoms. The van der Waals surface area contributed by atoms with Gasteiger partial charge in [0, 0.05) is 17.8 Å². The van der Waals surface area contributed by atoms with E-state index in [4.69, 9.17) is 4.74 Å². The topological polar surface area (TPSA) is 55.4 Å². The van der Waals surface area contributed by atoms with Crippen molar-refractivity contribution in [1.29, 1.82) is 0 Å². The summed E-state index contributed by atoms with van der Waals surface area (Å²) in [6.45, 7) is 2.94. The van der Waals surface area contributed by atoms with Crippen molar-refractivity contribution in [2.24, 2.45) is 0 Å². The van der Waals surface area contributed by atoms with Crippen LogP contribution in [0.5, 0.6) is 0 Å². The zero-order chi connectivity index (χ0) is 19.3. The van der Waals surface area contributed by atoms with Gasteiger partial charge in [0.1, 0.15) is 6.42 Å². The normalized spacial score (nSPS) is 10.4. The van der Waals surface area contributed by atoms with Crippen molar-refractivity contribution < 1.29 is 14.3 Å². The highest BCUT2D eigenvalue weighted by molar-refractivity contribution is 6.06. The largest absolute Gasteiger partial charge is 0.466 e. The molecular formula is C23H29NO3. The predicted octanol–water partition coefficient (Wildman–Crippen LogP) is 5.04. The van der Waals surface area contributed by atoms with Gasteiger partial charge in [0.25, 0.3) is 0 Å². The molecule has 0 bridgehead atoms. The summed E-state index contributed by atoms with van der Waals surface area (Å²) in [5.74, 6) is -0.685. The number of esters is 1. The summed E-state index contributed by atoms with van der Waals surface area (Å²) in [6.07, 6.45) is 5.73. The van der Waals surface area contributed by atoms with Crippen LogP contribution in [-0.2, 0) is 16.0 Å². The van der Waals surface area contributed by atoms with Crippen LogP contribution >= 0.6 is 0 Å². The van der Waals surface area contributed by atoms with E-state index in [2.05, 4.69) is 35.6 Å². The number of carbonyl (C=O) groups excluding carboxylic acids is 2. The van der Waals surface area contributed by atoms with Crippen LogP contribution in [0.25, 0.3) is 0 Å². The molecule has 144 valence electrons. The van der Waals surface area contributed by atoms with Crippen molar-refractivity contribution in [3.63, 3.8) is 0 Å². The highest BCUT2D eigenvalue weighted by atomic mass is 16.5. The zero-order valence-electron chi connectivity index (χ0n) is 16.1. The third kappa shape index (κ3) is 8.07. The first kappa shape index (κ1) is 20.7. The van der Waals surface area contributed by atoms with E-state index in [1.54, 1.807) is 19.1 Å². The van der Waals surface area contributed by atoms with E-state index in [1.807, 2.05) is 12.1 Å². The Morgan fingerprint density at radius 1 is 0.889 bits per heavy atom. The summed E-state index contributed by atoms with van der Waals surface area (Å²) in [4.78, 5) is 23.4. The van der Waals surface area contributed by atoms with Crippen molar-refractivity contribution in [2.75, 3.05) is 18.5 Å². The molecule has 0 spiro atoms. The molecule has 4 heteroatoms. The average Bonchev–Trinajstić information content (AvgIpc) is 2.68. The second-order valence-corrected chi connectivity index (χ2v) is 6.56. The van der Waals surface area contributed by atoms with Gasteiger partial charge in [0.05, 0.1) is 6.61 Å². The van der Waals surface area contributed by atoms with Crippen LogP contribution < -0.4 is 5.32 Å². The predicted molar refractivity (Wildman–Crippen MR) is 109 cm³/mol. The fourth-order valence-electron chi connectivity index (χ4n) is 2.90. The molecule has 0 amide bonds. The number of ether oxygens (including phenoxy) is 1. The van der Waals surface area contributed by atoms with Crippen molar-refractivity contribution in [2.45, 2.75) is 45.4 Å². The van der Waals surface area contributed by atoms with Gasteiger partial charge in [-0.25, -0.2) is 0 Å². The number of nitrogens with one attached hydrogen (secondary N) is 1. The molecule has 0 heterocycles. The first-order chi connectivity index (χ1) is 13.2. The highest BCUT2D eigenvalue weighted by Crippen LogP contribution is 2.13. The van der Waals surface area contributed by atoms with Crippen molar-refractivity contribution >= 4 is 17.4 Å². The number of unbranched alkanes of at least 4 members (excludes halogenated alkanes) is 3. The molecule has 1 N–H and O–H groups in total. The van der Waals surface area contributed by atoms with Crippen LogP contribution in [0, 0.1) is 0 Å². The minimum Gasteiger partial charge on any atom is -0.466 e. The van der Waals surface area contributed by atoms with Crippen molar-refractivity contribution in [3.8, 4) is 0 Å². The Kier molecular flexibility index (Phi) is 9.11. The Morgan fingerprint density at radius 2 is 1.59 bits per heavy atom. The minimum atomic E-state index is -0.475. The summed E-state index contributed by atoms with van der Waals surface area (Å²) in [6, 6.07) is 17.9. The molecule has 0 radical (unpaired) electrons. The fraction of sp³-hybridized carbons (Fsp3) is 0.391. The number of anilines is 1. The molecule has 2 aromatic carbocycles. The summed E-state index contributed by atoms with van der Waals surface area (Å²) < 4.78 is 4.80. The molecule has 0 aliphatic carbocycles. The van der Waals surface area contributed by atoms with Gasteiger partial charge in [-0.3, -0.25) is 9.59 Å². The molecule has 0 aromatic heterocycles. The number of benzene rings is 2. The van der Waals surface area contributed by atoms with E-state index >= 15 is 0 Å². The van der Waals surface area contributed by atoms with Crippen molar-refractivity contribution in [3.05, 3.63) is 65.7 Å². The number of rotatable bonds is 12. The van der Waals surface area contributed by atoms with E-state index in [1.165, 1.54) is 24.8 Å². The lowest BCUT2D eigenvalue weighted by atomic mass is 10.1. The molecule has 0 aliphatic rings. The molecule has 0 saturated heterocycles. The molecule has 0 unspecified atom stereocenters. The smallest absolute Gasteiger partial charge is 0.313 e. The van der Waals surface area contributed by atoms with E-state index in [-0.39, 0.29) is 12.2 Å². The number of hydrogen-bond donors (Lipinski definition) is 1. The number of carbonyl (C=O) groups is 2. The third-order valence-electron chi connectivity index (χ3n) is 4.38. The fourth-order valence-corrected chi connectivity index (χ4v) is 2.90. The highest BCUT2D eigenvalue weighted by Gasteiger charge is 2.12. The van der Waals surface area contributed by atoms with Crippen LogP contribution in [0.2, 0.25) is 0 Å². The molecule has 2 aromatic rings. The van der Waals surface area contributed by atoms with Gasteiger partial charge in [-0.1, -0.05) is 43.2 Å². The van der Waals surface area contributed by atoms with Gasteiger partial charge < -0.3 is 10.1 Å². The summed E-state index contributed by atoms with van der Waals surface area (Å²) in [7, 11) is 0. The Morgan fingerprint density at radius 3 is 2.30 bits per heavy atom. The van der Waals surface area contributed by atoms with Crippen LogP contribution in [0.3, 0.4) is 0 Å². The van der Waals surface area contributed by atoms with Gasteiger partial charge >= 0.3 is 5.97 Å². The molecule has 0 aliphatic heterocycles. The van der Waals surface area contributed by atoms with E-state index in [9.17, 15) is 9.59 Å². The zero-order valence-corrected chi connectivity index (χ0v) is 16.1. The van der Waals surface area contributed by atoms with Gasteiger partial charge in [0.15, 0.2) is 5.78 Å². The summed E-state index contributed by atoms with van der Waals surface area (Å²) in [5, 5.41) is 3.38. The summed E-state index contributed by atoms with van der Waals surface area (Å²) >= 11 is 0. The Balaban J connectivity index is 1.59. The first-order valence-corrected chi connectivity index (χ1v) is 9.75. The minimum absolute atomic E-state index is 0.205. The molecule has 2 rings (SSSR count). The SMILES string of the molecule is CCOC(=O)CC(=O)c1ccc(NCCCCCCc2ccccc2)cc1. The maximum Gasteiger partial charge on any atom is 0.313 e. The average molecular weight is 367 g/mol. The molecule has 0 fully saturated rings. The van der Waals surface area contributed by atoms with Crippen LogP contribution in [0.1, 0.15) is 54.9 Å². The Hall–Kier alpha value is -2.62. The standard InChI is InChI=1S/C23H29NO3/c1-2-27-23(26)18-22(25)20-13-15-21(16-14-20)24-17-9-4-3-6-10-19-11-7-5-8-12-19/h5,7-8,11-16,24H,2-4,6,9-10,17-18H2,1H3. The summed E-state index contributed by atoms with van der Waals surface area (Å²) in [5.41, 5.74) is 2.94. The lowest BCUT2D eigenvalue weighted by Gasteiger charge is -2.07. The third-order valence-corrected chi connectivity index (χ3v) is 4.38. The Labute approximate surface area is 161 Å². The van der Waals surface area contributed by atoms with Gasteiger partial charge in [-0.2, -0.15) is 0 Å². The number of Topliss-reactive ketones (excluding diaryl/α,β-unsaturated/α-hetero) is 1. The number of hydrogen-bond acceptors (Lipinski definition) is 4. The number of ketones is 1. The first-order valence-electron chi connectivity index (χ1n) is 9.75. The molecular weight excluding hydrogens is 338 g/mol. The van der Waals surface area contributed by atoms with Crippen LogP contribution in [-0.4, -0.2) is 24.9 Å². The van der Waals surface area contributed by atoms with E-state index in [0.717, 1.165) is 25.1 Å². The quantitative estimate of drug-likeness (QED) is 0.247. The lowest BCUT2D eigenvalue weighted by molar-refractivity contribution is -0.141. The Bertz CT molecular complexity index is 695. The van der Waals surface area contributed by atoms with Crippen molar-refractivity contribution in [1.82, 2.24) is 0 Å². The van der Waals surface area contributed by atoms with Crippen LogP contribution in [0.15, 0.2) is 54.6 Å². The maximum absolute atomic E-state index is 12.0. The van der Waals surface area contributed by atoms with Gasteiger partial charge in [0.2, 0.25) is 0 Å². The second kappa shape index (κ2) is 11.9. The molecule has 4 nitrogen and oxygen atoms in total. The lowest BCUT2D eigenvalue weighted by Crippen LogP contribution is -2.11. The second-order valence-electron chi connectivity index (χ2n) is 6.56. The monoisotopic (exact) mass is 367 g/mol. The van der Waals surface area contributed by atoms with E-state index in [0.29, 0.717) is 12.2 Å². The van der Waals surface area contributed by atoms with Gasteiger partial charge in [-0.05, 0) is 56.0 Å². The molecule has 0 atom stereocenters. The maximum atomic E-state index is 12.0. The number of aryl methyl sites for hydroxylation is 1. The van der Waals surface area contributed by atoms with E-state index < -0.39 is 5.97 Å². The van der Waals surface area contributed by atoms with Crippen LogP contribution in [0.4, 0.5) is 5.69 Å². The molecule has 0 saturated carbocycles. The van der Waals surface area contributed by atoms with Gasteiger partial charge in [-0.15, -0.1) is 0 Å².